The monoisotopic (exact) mass is 382 g/mol. The number of hydrogen-bond donors (Lipinski definition) is 1. The number of halogens is 3. The molecule has 0 amide bonds. The van der Waals surface area contributed by atoms with Crippen LogP contribution in [0.2, 0.25) is 0 Å². The van der Waals surface area contributed by atoms with E-state index in [4.69, 9.17) is 14.4 Å². The molecule has 0 saturated heterocycles. The van der Waals surface area contributed by atoms with Crippen molar-refractivity contribution >= 4 is 5.97 Å². The summed E-state index contributed by atoms with van der Waals surface area (Å²) in [7, 11) is 0. The van der Waals surface area contributed by atoms with Gasteiger partial charge in [-0.15, -0.1) is 0 Å². The molecule has 0 radical (unpaired) electrons. The van der Waals surface area contributed by atoms with Gasteiger partial charge in [0, 0.05) is 30.9 Å². The molecule has 7 nitrogen and oxygen atoms in total. The smallest absolute Gasteiger partial charge is 0.475 e. The summed E-state index contributed by atoms with van der Waals surface area (Å²) >= 11 is 0. The van der Waals surface area contributed by atoms with E-state index in [0.29, 0.717) is 18.1 Å². The molecule has 0 unspecified atom stereocenters. The van der Waals surface area contributed by atoms with Crippen LogP contribution in [0.1, 0.15) is 17.3 Å². The van der Waals surface area contributed by atoms with Crippen LogP contribution in [0.3, 0.4) is 0 Å². The van der Waals surface area contributed by atoms with Crippen molar-refractivity contribution < 1.29 is 27.6 Å². The van der Waals surface area contributed by atoms with E-state index in [2.05, 4.69) is 19.7 Å². The first-order chi connectivity index (χ1) is 12.7. The molecule has 3 rings (SSSR count). The van der Waals surface area contributed by atoms with Crippen LogP contribution in [0.15, 0.2) is 41.2 Å². The van der Waals surface area contributed by atoms with E-state index in [9.17, 15) is 13.2 Å². The van der Waals surface area contributed by atoms with Crippen molar-refractivity contribution in [2.75, 3.05) is 0 Å². The predicted octanol–water partition coefficient (Wildman–Crippen LogP) is 3.43. The van der Waals surface area contributed by atoms with Gasteiger partial charge in [0.25, 0.3) is 0 Å². The van der Waals surface area contributed by atoms with E-state index in [-0.39, 0.29) is 0 Å². The summed E-state index contributed by atoms with van der Waals surface area (Å²) in [5.41, 5.74) is 2.16. The number of carboxylic acids is 1. The number of carbonyl (C=O) groups is 1. The van der Waals surface area contributed by atoms with Crippen LogP contribution < -0.4 is 0 Å². The first-order valence-corrected chi connectivity index (χ1v) is 7.85. The molecule has 0 aliphatic carbocycles. The molecule has 27 heavy (non-hydrogen) atoms. The van der Waals surface area contributed by atoms with Crippen molar-refractivity contribution in [1.29, 1.82) is 0 Å². The minimum atomic E-state index is -5.08. The molecule has 0 atom stereocenters. The Hall–Kier alpha value is -3.17. The Kier molecular flexibility index (Phi) is 6.32. The van der Waals surface area contributed by atoms with Gasteiger partial charge in [0.05, 0.1) is 0 Å². The van der Waals surface area contributed by atoms with Crippen LogP contribution in [0.5, 0.6) is 0 Å². The SMILES string of the molecule is Cc1ccccc1-c1noc(CCn2ccnc2C)n1.O=C(O)C(F)(F)F. The van der Waals surface area contributed by atoms with Gasteiger partial charge in [-0.25, -0.2) is 9.78 Å². The number of hydrogen-bond acceptors (Lipinski definition) is 5. The van der Waals surface area contributed by atoms with Crippen molar-refractivity contribution in [1.82, 2.24) is 19.7 Å². The maximum atomic E-state index is 10.6. The normalized spacial score (nSPS) is 11.0. The first-order valence-electron chi connectivity index (χ1n) is 7.85. The van der Waals surface area contributed by atoms with E-state index in [1.807, 2.05) is 44.3 Å². The highest BCUT2D eigenvalue weighted by atomic mass is 19.4. The molecule has 0 spiro atoms. The van der Waals surface area contributed by atoms with E-state index < -0.39 is 12.1 Å². The number of aryl methyl sites for hydroxylation is 4. The average Bonchev–Trinajstić information content (AvgIpc) is 3.22. The number of imidazole rings is 1. The van der Waals surface area contributed by atoms with Gasteiger partial charge < -0.3 is 14.2 Å². The van der Waals surface area contributed by atoms with Crippen molar-refractivity contribution in [2.45, 2.75) is 33.0 Å². The average molecular weight is 382 g/mol. The largest absolute Gasteiger partial charge is 0.490 e. The molecular formula is C17H17F3N4O3. The second kappa shape index (κ2) is 8.47. The molecule has 2 aromatic heterocycles. The number of aliphatic carboxylic acids is 1. The fraction of sp³-hybridized carbons (Fsp3) is 0.294. The lowest BCUT2D eigenvalue weighted by atomic mass is 10.1. The molecule has 0 bridgehead atoms. The zero-order chi connectivity index (χ0) is 20.0. The lowest BCUT2D eigenvalue weighted by molar-refractivity contribution is -0.192. The van der Waals surface area contributed by atoms with Crippen molar-refractivity contribution in [2.24, 2.45) is 0 Å². The molecule has 144 valence electrons. The zero-order valence-corrected chi connectivity index (χ0v) is 14.6. The third-order valence-corrected chi connectivity index (χ3v) is 3.59. The van der Waals surface area contributed by atoms with Gasteiger partial charge in [-0.2, -0.15) is 18.2 Å². The van der Waals surface area contributed by atoms with Crippen LogP contribution in [-0.2, 0) is 17.8 Å². The Bertz CT molecular complexity index is 903. The molecule has 10 heteroatoms. The minimum Gasteiger partial charge on any atom is -0.475 e. The first kappa shape index (κ1) is 20.1. The minimum absolute atomic E-state index is 0.649. The standard InChI is InChI=1S/C15H16N4O.C2HF3O2/c1-11-5-3-4-6-13(11)15-17-14(20-18-15)7-9-19-10-8-16-12(19)2;3-2(4,5)1(6)7/h3-6,8,10H,7,9H2,1-2H3;(H,6,7). The summed E-state index contributed by atoms with van der Waals surface area (Å²) in [6.45, 7) is 4.81. The predicted molar refractivity (Wildman–Crippen MR) is 88.8 cm³/mol. The zero-order valence-electron chi connectivity index (χ0n) is 14.6. The van der Waals surface area contributed by atoms with E-state index in [1.54, 1.807) is 6.20 Å². The highest BCUT2D eigenvalue weighted by molar-refractivity contribution is 5.73. The fourth-order valence-electron chi connectivity index (χ4n) is 2.15. The number of rotatable bonds is 4. The van der Waals surface area contributed by atoms with Crippen LogP contribution >= 0.6 is 0 Å². The lowest BCUT2D eigenvalue weighted by Gasteiger charge is -2.01. The summed E-state index contributed by atoms with van der Waals surface area (Å²) in [4.78, 5) is 17.5. The van der Waals surface area contributed by atoms with Gasteiger partial charge in [0.1, 0.15) is 5.82 Å². The highest BCUT2D eigenvalue weighted by Gasteiger charge is 2.38. The van der Waals surface area contributed by atoms with Crippen molar-refractivity contribution in [3.05, 3.63) is 53.9 Å². The maximum absolute atomic E-state index is 10.6. The topological polar surface area (TPSA) is 94.0 Å². The van der Waals surface area contributed by atoms with Gasteiger partial charge >= 0.3 is 12.1 Å². The fourth-order valence-corrected chi connectivity index (χ4v) is 2.15. The Morgan fingerprint density at radius 3 is 2.48 bits per heavy atom. The molecule has 0 saturated carbocycles. The molecule has 1 aromatic carbocycles. The summed E-state index contributed by atoms with van der Waals surface area (Å²) in [6, 6.07) is 8.03. The third-order valence-electron chi connectivity index (χ3n) is 3.59. The third kappa shape index (κ3) is 5.66. The van der Waals surface area contributed by atoms with E-state index in [0.717, 1.165) is 23.5 Å². The van der Waals surface area contributed by atoms with Crippen molar-refractivity contribution in [3.63, 3.8) is 0 Å². The van der Waals surface area contributed by atoms with Crippen LogP contribution in [-0.4, -0.2) is 36.9 Å². The number of alkyl halides is 3. The Morgan fingerprint density at radius 1 is 1.26 bits per heavy atom. The lowest BCUT2D eigenvalue weighted by Crippen LogP contribution is -2.21. The number of aromatic nitrogens is 4. The molecule has 0 aliphatic heterocycles. The van der Waals surface area contributed by atoms with Gasteiger partial charge in [-0.1, -0.05) is 29.4 Å². The van der Waals surface area contributed by atoms with E-state index >= 15 is 0 Å². The molecule has 0 aliphatic rings. The molecule has 0 fully saturated rings. The summed E-state index contributed by atoms with van der Waals surface area (Å²) in [6.07, 6.45) is -0.633. The van der Waals surface area contributed by atoms with Crippen LogP contribution in [0.4, 0.5) is 13.2 Å². The number of benzene rings is 1. The summed E-state index contributed by atoms with van der Waals surface area (Å²) < 4.78 is 39.1. The van der Waals surface area contributed by atoms with Crippen LogP contribution in [0.25, 0.3) is 11.4 Å². The molecule has 2 heterocycles. The van der Waals surface area contributed by atoms with Crippen molar-refractivity contribution in [3.8, 4) is 11.4 Å². The number of carboxylic acid groups (broad SMARTS) is 1. The quantitative estimate of drug-likeness (QED) is 0.743. The Morgan fingerprint density at radius 2 is 1.93 bits per heavy atom. The summed E-state index contributed by atoms with van der Waals surface area (Å²) in [5.74, 6) is -0.465. The van der Waals surface area contributed by atoms with Gasteiger partial charge in [-0.3, -0.25) is 0 Å². The second-order valence-corrected chi connectivity index (χ2v) is 5.55. The summed E-state index contributed by atoms with van der Waals surface area (Å²) in [5, 5.41) is 11.2. The van der Waals surface area contributed by atoms with Crippen LogP contribution in [0, 0.1) is 13.8 Å². The maximum Gasteiger partial charge on any atom is 0.490 e. The van der Waals surface area contributed by atoms with Gasteiger partial charge in [0.2, 0.25) is 11.7 Å². The highest BCUT2D eigenvalue weighted by Crippen LogP contribution is 2.20. The second-order valence-electron chi connectivity index (χ2n) is 5.55. The molecule has 3 aromatic rings. The molecular weight excluding hydrogens is 365 g/mol. The Labute approximate surface area is 152 Å². The Balaban J connectivity index is 0.000000321. The van der Waals surface area contributed by atoms with E-state index in [1.165, 1.54) is 0 Å². The van der Waals surface area contributed by atoms with Gasteiger partial charge in [-0.05, 0) is 19.4 Å². The molecule has 1 N–H and O–H groups in total. The number of nitrogens with zero attached hydrogens (tertiary/aromatic N) is 4. The van der Waals surface area contributed by atoms with Gasteiger partial charge in [0.15, 0.2) is 0 Å².